The van der Waals surface area contributed by atoms with Gasteiger partial charge >= 0.3 is 5.97 Å². The number of benzene rings is 1. The molecule has 1 aromatic rings. The van der Waals surface area contributed by atoms with Crippen molar-refractivity contribution in [2.75, 3.05) is 17.3 Å². The summed E-state index contributed by atoms with van der Waals surface area (Å²) in [6, 6.07) is 7.57. The quantitative estimate of drug-likeness (QED) is 0.577. The van der Waals surface area contributed by atoms with Gasteiger partial charge in [-0.2, -0.15) is 11.8 Å². The van der Waals surface area contributed by atoms with Gasteiger partial charge in [-0.25, -0.2) is 4.79 Å². The first-order chi connectivity index (χ1) is 10.5. The van der Waals surface area contributed by atoms with E-state index in [1.807, 2.05) is 24.3 Å². The standard InChI is InChI=1S/C15H18ClNO3S2/c16-11-3-5-12(6-4-11)22-8-1-2-13(18)17-15(14(19)20)7-9-21-10-15/h3-6H,1-2,7-10H2,(H,17,18)(H,19,20). The van der Waals surface area contributed by atoms with Crippen LogP contribution in [0.2, 0.25) is 5.02 Å². The van der Waals surface area contributed by atoms with Crippen LogP contribution in [0.4, 0.5) is 0 Å². The highest BCUT2D eigenvalue weighted by Gasteiger charge is 2.42. The maximum absolute atomic E-state index is 12.0. The molecule has 7 heteroatoms. The van der Waals surface area contributed by atoms with Crippen LogP contribution in [-0.4, -0.2) is 39.8 Å². The van der Waals surface area contributed by atoms with Crippen molar-refractivity contribution in [2.45, 2.75) is 29.7 Å². The summed E-state index contributed by atoms with van der Waals surface area (Å²) < 4.78 is 0. The number of thioether (sulfide) groups is 2. The van der Waals surface area contributed by atoms with Gasteiger partial charge in [0, 0.05) is 22.1 Å². The average molecular weight is 360 g/mol. The van der Waals surface area contributed by atoms with Gasteiger partial charge in [-0.15, -0.1) is 11.8 Å². The average Bonchev–Trinajstić information content (AvgIpc) is 2.95. The smallest absolute Gasteiger partial charge is 0.330 e. The van der Waals surface area contributed by atoms with Crippen molar-refractivity contribution in [1.82, 2.24) is 5.32 Å². The molecule has 4 nitrogen and oxygen atoms in total. The van der Waals surface area contributed by atoms with Crippen LogP contribution in [0.15, 0.2) is 29.2 Å². The molecule has 1 aliphatic rings. The number of halogens is 1. The Kier molecular flexibility index (Phi) is 6.47. The van der Waals surface area contributed by atoms with E-state index >= 15 is 0 Å². The number of nitrogens with one attached hydrogen (secondary N) is 1. The summed E-state index contributed by atoms with van der Waals surface area (Å²) >= 11 is 9.05. The highest BCUT2D eigenvalue weighted by atomic mass is 35.5. The van der Waals surface area contributed by atoms with E-state index < -0.39 is 11.5 Å². The second kappa shape index (κ2) is 8.13. The first-order valence-electron chi connectivity index (χ1n) is 7.02. The van der Waals surface area contributed by atoms with E-state index in [0.717, 1.165) is 16.4 Å². The molecule has 2 N–H and O–H groups in total. The van der Waals surface area contributed by atoms with Crippen LogP contribution < -0.4 is 5.32 Å². The first kappa shape index (κ1) is 17.5. The summed E-state index contributed by atoms with van der Waals surface area (Å²) in [6.45, 7) is 0. The van der Waals surface area contributed by atoms with Gasteiger partial charge in [0.15, 0.2) is 0 Å². The van der Waals surface area contributed by atoms with E-state index in [-0.39, 0.29) is 5.91 Å². The van der Waals surface area contributed by atoms with Crippen LogP contribution in [0, 0.1) is 0 Å². The number of carboxylic acid groups (broad SMARTS) is 1. The molecular weight excluding hydrogens is 342 g/mol. The van der Waals surface area contributed by atoms with Gasteiger partial charge in [-0.05, 0) is 48.6 Å². The van der Waals surface area contributed by atoms with Crippen molar-refractivity contribution in [3.8, 4) is 0 Å². The Bertz CT molecular complexity index is 530. The molecule has 0 saturated carbocycles. The Morgan fingerprint density at radius 3 is 2.68 bits per heavy atom. The fraction of sp³-hybridized carbons (Fsp3) is 0.467. The molecule has 0 radical (unpaired) electrons. The molecule has 1 heterocycles. The third-order valence-corrected chi connectivity index (χ3v) is 5.98. The van der Waals surface area contributed by atoms with E-state index in [0.29, 0.717) is 30.0 Å². The van der Waals surface area contributed by atoms with Crippen molar-refractivity contribution in [1.29, 1.82) is 0 Å². The predicted octanol–water partition coefficient (Wildman–Crippen LogP) is 3.29. The lowest BCUT2D eigenvalue weighted by Gasteiger charge is -2.24. The molecule has 1 aromatic carbocycles. The minimum absolute atomic E-state index is 0.179. The van der Waals surface area contributed by atoms with E-state index in [9.17, 15) is 14.7 Å². The molecule has 1 unspecified atom stereocenters. The Morgan fingerprint density at radius 2 is 2.09 bits per heavy atom. The zero-order valence-electron chi connectivity index (χ0n) is 12.0. The van der Waals surface area contributed by atoms with Gasteiger partial charge in [0.25, 0.3) is 0 Å². The molecule has 0 bridgehead atoms. The van der Waals surface area contributed by atoms with Gasteiger partial charge in [0.1, 0.15) is 5.54 Å². The summed E-state index contributed by atoms with van der Waals surface area (Å²) in [4.78, 5) is 24.4. The van der Waals surface area contributed by atoms with E-state index in [1.54, 1.807) is 23.5 Å². The normalized spacial score (nSPS) is 20.8. The second-order valence-corrected chi connectivity index (χ2v) is 7.85. The van der Waals surface area contributed by atoms with Crippen molar-refractivity contribution in [3.63, 3.8) is 0 Å². The van der Waals surface area contributed by atoms with E-state index in [2.05, 4.69) is 5.32 Å². The van der Waals surface area contributed by atoms with Crippen molar-refractivity contribution in [2.24, 2.45) is 0 Å². The van der Waals surface area contributed by atoms with Crippen LogP contribution in [0.25, 0.3) is 0 Å². The fourth-order valence-corrected chi connectivity index (χ4v) is 4.47. The maximum atomic E-state index is 12.0. The van der Waals surface area contributed by atoms with Gasteiger partial charge in [0.2, 0.25) is 5.91 Å². The molecule has 1 atom stereocenters. The molecule has 0 aromatic heterocycles. The zero-order chi connectivity index (χ0) is 16.0. The molecular formula is C15H18ClNO3S2. The Morgan fingerprint density at radius 1 is 1.36 bits per heavy atom. The number of amides is 1. The van der Waals surface area contributed by atoms with Crippen molar-refractivity contribution < 1.29 is 14.7 Å². The number of aliphatic carboxylic acids is 1. The number of rotatable bonds is 7. The van der Waals surface area contributed by atoms with E-state index in [1.165, 1.54) is 0 Å². The van der Waals surface area contributed by atoms with Crippen LogP contribution in [0.3, 0.4) is 0 Å². The number of hydrogen-bond acceptors (Lipinski definition) is 4. The molecule has 2 rings (SSSR count). The van der Waals surface area contributed by atoms with Gasteiger partial charge in [0.05, 0.1) is 0 Å². The minimum Gasteiger partial charge on any atom is -0.479 e. The molecule has 1 saturated heterocycles. The van der Waals surface area contributed by atoms with Gasteiger partial charge in [-0.3, -0.25) is 4.79 Å². The van der Waals surface area contributed by atoms with E-state index in [4.69, 9.17) is 11.6 Å². The summed E-state index contributed by atoms with van der Waals surface area (Å²) in [5.41, 5.74) is -1.06. The number of carbonyl (C=O) groups excluding carboxylic acids is 1. The largest absolute Gasteiger partial charge is 0.479 e. The molecule has 0 aliphatic carbocycles. The highest BCUT2D eigenvalue weighted by Crippen LogP contribution is 2.28. The lowest BCUT2D eigenvalue weighted by Crippen LogP contribution is -2.54. The summed E-state index contributed by atoms with van der Waals surface area (Å²) in [7, 11) is 0. The summed E-state index contributed by atoms with van der Waals surface area (Å²) in [5.74, 6) is 0.930. The maximum Gasteiger partial charge on any atom is 0.330 e. The fourth-order valence-electron chi connectivity index (χ4n) is 2.17. The van der Waals surface area contributed by atoms with Crippen molar-refractivity contribution >= 4 is 47.0 Å². The minimum atomic E-state index is -1.06. The lowest BCUT2D eigenvalue weighted by molar-refractivity contribution is -0.146. The van der Waals surface area contributed by atoms with Crippen LogP contribution >= 0.6 is 35.1 Å². The second-order valence-electron chi connectivity index (χ2n) is 5.14. The summed E-state index contributed by atoms with van der Waals surface area (Å²) in [5, 5.41) is 12.7. The van der Waals surface area contributed by atoms with Gasteiger partial charge < -0.3 is 10.4 Å². The molecule has 22 heavy (non-hydrogen) atoms. The predicted molar refractivity (Wildman–Crippen MR) is 91.9 cm³/mol. The molecule has 120 valence electrons. The topological polar surface area (TPSA) is 66.4 Å². The highest BCUT2D eigenvalue weighted by molar-refractivity contribution is 7.99. The molecule has 1 fully saturated rings. The molecule has 1 amide bonds. The van der Waals surface area contributed by atoms with Crippen molar-refractivity contribution in [3.05, 3.63) is 29.3 Å². The SMILES string of the molecule is O=C(CCCSc1ccc(Cl)cc1)NC1(C(=O)O)CCSC1. The Balaban J connectivity index is 1.71. The summed E-state index contributed by atoms with van der Waals surface area (Å²) in [6.07, 6.45) is 1.56. The molecule has 0 spiro atoms. The van der Waals surface area contributed by atoms with Gasteiger partial charge in [-0.1, -0.05) is 11.6 Å². The van der Waals surface area contributed by atoms with Crippen LogP contribution in [0.5, 0.6) is 0 Å². The van der Waals surface area contributed by atoms with Crippen LogP contribution in [-0.2, 0) is 9.59 Å². The number of carboxylic acids is 1. The number of hydrogen-bond donors (Lipinski definition) is 2. The first-order valence-corrected chi connectivity index (χ1v) is 9.54. The Hall–Kier alpha value is -0.850. The number of carbonyl (C=O) groups is 2. The monoisotopic (exact) mass is 359 g/mol. The third kappa shape index (κ3) is 4.83. The Labute approximate surface area is 143 Å². The third-order valence-electron chi connectivity index (χ3n) is 3.44. The molecule has 1 aliphatic heterocycles. The van der Waals surface area contributed by atoms with Crippen LogP contribution in [0.1, 0.15) is 19.3 Å². The lowest BCUT2D eigenvalue weighted by atomic mass is 9.99. The zero-order valence-corrected chi connectivity index (χ0v) is 14.4.